The molecule has 2 rings (SSSR count). The molecule has 0 fully saturated rings. The molecular weight excluding hydrogens is 299 g/mol. The number of aromatic nitrogens is 1. The maximum atomic E-state index is 12.5. The standard InChI is InChI=1S/C11H5BrF3NO/c12-9-4-7(11(13,14)15)3-6-1-2-8(5-17)16-10(6)9/h1-5H. The van der Waals surface area contributed by atoms with Crippen LogP contribution < -0.4 is 0 Å². The minimum atomic E-state index is -4.40. The number of pyridine rings is 1. The van der Waals surface area contributed by atoms with Crippen LogP contribution in [0.15, 0.2) is 28.7 Å². The summed E-state index contributed by atoms with van der Waals surface area (Å²) in [6.07, 6.45) is -3.86. The largest absolute Gasteiger partial charge is 0.416 e. The van der Waals surface area contributed by atoms with E-state index in [9.17, 15) is 18.0 Å². The molecule has 88 valence electrons. The quantitative estimate of drug-likeness (QED) is 0.750. The van der Waals surface area contributed by atoms with Gasteiger partial charge in [0.15, 0.2) is 6.29 Å². The Kier molecular flexibility index (Phi) is 2.91. The van der Waals surface area contributed by atoms with Crippen molar-refractivity contribution in [2.24, 2.45) is 0 Å². The molecule has 0 N–H and O–H groups in total. The van der Waals surface area contributed by atoms with Gasteiger partial charge >= 0.3 is 6.18 Å². The van der Waals surface area contributed by atoms with Crippen molar-refractivity contribution in [3.05, 3.63) is 40.0 Å². The Morgan fingerprint density at radius 2 is 1.94 bits per heavy atom. The second-order valence-electron chi connectivity index (χ2n) is 3.38. The zero-order valence-electron chi connectivity index (χ0n) is 8.25. The minimum absolute atomic E-state index is 0.179. The first-order chi connectivity index (χ1) is 7.91. The van der Waals surface area contributed by atoms with Crippen LogP contribution in [-0.4, -0.2) is 11.3 Å². The molecule has 0 aliphatic rings. The molecule has 0 unspecified atom stereocenters. The van der Waals surface area contributed by atoms with Crippen LogP contribution in [0.4, 0.5) is 13.2 Å². The fraction of sp³-hybridized carbons (Fsp3) is 0.0909. The predicted octanol–water partition coefficient (Wildman–Crippen LogP) is 3.83. The first-order valence-electron chi connectivity index (χ1n) is 4.54. The minimum Gasteiger partial charge on any atom is -0.296 e. The van der Waals surface area contributed by atoms with E-state index in [2.05, 4.69) is 20.9 Å². The van der Waals surface area contributed by atoms with Gasteiger partial charge in [-0.3, -0.25) is 4.79 Å². The van der Waals surface area contributed by atoms with E-state index in [1.54, 1.807) is 0 Å². The molecular formula is C11H5BrF3NO. The SMILES string of the molecule is O=Cc1ccc2cc(C(F)(F)F)cc(Br)c2n1. The highest BCUT2D eigenvalue weighted by atomic mass is 79.9. The summed E-state index contributed by atoms with van der Waals surface area (Å²) >= 11 is 3.03. The Morgan fingerprint density at radius 1 is 1.24 bits per heavy atom. The number of rotatable bonds is 1. The van der Waals surface area contributed by atoms with E-state index < -0.39 is 11.7 Å². The van der Waals surface area contributed by atoms with Gasteiger partial charge in [-0.2, -0.15) is 13.2 Å². The van der Waals surface area contributed by atoms with E-state index in [4.69, 9.17) is 0 Å². The molecule has 0 spiro atoms. The molecule has 0 aliphatic heterocycles. The van der Waals surface area contributed by atoms with E-state index in [1.807, 2.05) is 0 Å². The number of nitrogens with zero attached hydrogens (tertiary/aromatic N) is 1. The fourth-order valence-corrected chi connectivity index (χ4v) is 2.00. The summed E-state index contributed by atoms with van der Waals surface area (Å²) in [5.74, 6) is 0. The summed E-state index contributed by atoms with van der Waals surface area (Å²) < 4.78 is 37.8. The Labute approximate surface area is 103 Å². The third-order valence-electron chi connectivity index (χ3n) is 2.22. The van der Waals surface area contributed by atoms with E-state index in [0.29, 0.717) is 17.2 Å². The molecule has 1 aromatic carbocycles. The summed E-state index contributed by atoms with van der Waals surface area (Å²) in [6.45, 7) is 0. The Hall–Kier alpha value is -1.43. The Morgan fingerprint density at radius 3 is 2.53 bits per heavy atom. The normalized spacial score (nSPS) is 11.8. The molecule has 17 heavy (non-hydrogen) atoms. The van der Waals surface area contributed by atoms with E-state index >= 15 is 0 Å². The molecule has 0 radical (unpaired) electrons. The van der Waals surface area contributed by atoms with Crippen LogP contribution in [0.5, 0.6) is 0 Å². The number of hydrogen-bond acceptors (Lipinski definition) is 2. The number of carbonyl (C=O) groups is 1. The molecule has 0 bridgehead atoms. The zero-order valence-corrected chi connectivity index (χ0v) is 9.84. The molecule has 0 aliphatic carbocycles. The van der Waals surface area contributed by atoms with Gasteiger partial charge in [0.05, 0.1) is 11.1 Å². The number of carbonyl (C=O) groups excluding carboxylic acids is 1. The second kappa shape index (κ2) is 4.10. The van der Waals surface area contributed by atoms with Crippen molar-refractivity contribution in [1.82, 2.24) is 4.98 Å². The first-order valence-corrected chi connectivity index (χ1v) is 5.34. The van der Waals surface area contributed by atoms with Gasteiger partial charge in [0.1, 0.15) is 5.69 Å². The number of benzene rings is 1. The summed E-state index contributed by atoms with van der Waals surface area (Å²) in [4.78, 5) is 14.5. The Balaban J connectivity index is 2.72. The lowest BCUT2D eigenvalue weighted by molar-refractivity contribution is -0.137. The van der Waals surface area contributed by atoms with Gasteiger partial charge in [0.2, 0.25) is 0 Å². The van der Waals surface area contributed by atoms with Crippen molar-refractivity contribution in [2.75, 3.05) is 0 Å². The number of fused-ring (bicyclic) bond motifs is 1. The highest BCUT2D eigenvalue weighted by Crippen LogP contribution is 2.34. The number of alkyl halides is 3. The molecule has 0 saturated carbocycles. The van der Waals surface area contributed by atoms with Crippen molar-refractivity contribution in [2.45, 2.75) is 6.18 Å². The van der Waals surface area contributed by atoms with E-state index in [1.165, 1.54) is 12.1 Å². The summed E-state index contributed by atoms with van der Waals surface area (Å²) in [5, 5.41) is 0.331. The van der Waals surface area contributed by atoms with E-state index in [-0.39, 0.29) is 10.2 Å². The summed E-state index contributed by atoms with van der Waals surface area (Å²) in [7, 11) is 0. The van der Waals surface area contributed by atoms with Crippen molar-refractivity contribution < 1.29 is 18.0 Å². The smallest absolute Gasteiger partial charge is 0.296 e. The van der Waals surface area contributed by atoms with Crippen LogP contribution in [0.2, 0.25) is 0 Å². The van der Waals surface area contributed by atoms with Crippen molar-refractivity contribution in [3.63, 3.8) is 0 Å². The van der Waals surface area contributed by atoms with Gasteiger partial charge < -0.3 is 0 Å². The van der Waals surface area contributed by atoms with E-state index in [0.717, 1.165) is 12.1 Å². The van der Waals surface area contributed by atoms with Gasteiger partial charge in [0.25, 0.3) is 0 Å². The van der Waals surface area contributed by atoms with Crippen molar-refractivity contribution in [1.29, 1.82) is 0 Å². The zero-order chi connectivity index (χ0) is 12.6. The topological polar surface area (TPSA) is 30.0 Å². The van der Waals surface area contributed by atoms with Crippen LogP contribution in [0.1, 0.15) is 16.1 Å². The van der Waals surface area contributed by atoms with Crippen molar-refractivity contribution in [3.8, 4) is 0 Å². The third kappa shape index (κ3) is 2.31. The lowest BCUT2D eigenvalue weighted by Gasteiger charge is -2.09. The highest BCUT2D eigenvalue weighted by molar-refractivity contribution is 9.10. The maximum Gasteiger partial charge on any atom is 0.416 e. The second-order valence-corrected chi connectivity index (χ2v) is 4.24. The lowest BCUT2D eigenvalue weighted by atomic mass is 10.1. The van der Waals surface area contributed by atoms with Gasteiger partial charge in [-0.1, -0.05) is 6.07 Å². The monoisotopic (exact) mass is 303 g/mol. The predicted molar refractivity (Wildman–Crippen MR) is 59.8 cm³/mol. The molecule has 6 heteroatoms. The average molecular weight is 304 g/mol. The van der Waals surface area contributed by atoms with Gasteiger partial charge in [-0.15, -0.1) is 0 Å². The van der Waals surface area contributed by atoms with Crippen LogP contribution in [0.3, 0.4) is 0 Å². The maximum absolute atomic E-state index is 12.5. The third-order valence-corrected chi connectivity index (χ3v) is 2.82. The average Bonchev–Trinajstić information content (AvgIpc) is 2.27. The Bertz CT molecular complexity index is 595. The fourth-order valence-electron chi connectivity index (χ4n) is 1.44. The van der Waals surface area contributed by atoms with Crippen molar-refractivity contribution >= 4 is 33.1 Å². The highest BCUT2D eigenvalue weighted by Gasteiger charge is 2.31. The van der Waals surface area contributed by atoms with Gasteiger partial charge in [-0.25, -0.2) is 4.98 Å². The lowest BCUT2D eigenvalue weighted by Crippen LogP contribution is -2.05. The number of aldehydes is 1. The molecule has 0 saturated heterocycles. The molecule has 1 heterocycles. The first kappa shape index (κ1) is 12.0. The van der Waals surface area contributed by atoms with Crippen LogP contribution in [0.25, 0.3) is 10.9 Å². The number of hydrogen-bond donors (Lipinski definition) is 0. The van der Waals surface area contributed by atoms with Crippen LogP contribution >= 0.6 is 15.9 Å². The summed E-state index contributed by atoms with van der Waals surface area (Å²) in [6, 6.07) is 4.76. The molecule has 1 aromatic heterocycles. The number of halogens is 4. The van der Waals surface area contributed by atoms with Gasteiger partial charge in [0, 0.05) is 9.86 Å². The van der Waals surface area contributed by atoms with Crippen LogP contribution in [-0.2, 0) is 6.18 Å². The molecule has 0 atom stereocenters. The molecule has 2 nitrogen and oxygen atoms in total. The summed E-state index contributed by atoms with van der Waals surface area (Å²) in [5.41, 5.74) is -0.238. The molecule has 0 amide bonds. The molecule has 2 aromatic rings. The van der Waals surface area contributed by atoms with Crippen LogP contribution in [0, 0.1) is 0 Å². The van der Waals surface area contributed by atoms with Gasteiger partial charge in [-0.05, 0) is 34.1 Å².